The molecular formula is C20H20N6O3. The molecule has 9 nitrogen and oxygen atoms in total. The lowest BCUT2D eigenvalue weighted by Gasteiger charge is -2.17. The number of fused-ring (bicyclic) bond motifs is 1. The highest BCUT2D eigenvalue weighted by Gasteiger charge is 2.27. The first-order valence-corrected chi connectivity index (χ1v) is 9.32. The SMILES string of the molecule is CCOc1ccc(N2CCn3c2nnc(C(=O)NCc2ccncc2)c3=O)cc1. The first-order valence-electron chi connectivity index (χ1n) is 9.32. The molecular weight excluding hydrogens is 372 g/mol. The Morgan fingerprint density at radius 3 is 2.59 bits per heavy atom. The molecule has 0 fully saturated rings. The Balaban J connectivity index is 1.53. The Labute approximate surface area is 167 Å². The van der Waals surface area contributed by atoms with E-state index in [1.165, 1.54) is 4.57 Å². The van der Waals surface area contributed by atoms with E-state index >= 15 is 0 Å². The fourth-order valence-corrected chi connectivity index (χ4v) is 3.15. The van der Waals surface area contributed by atoms with E-state index in [1.807, 2.05) is 36.1 Å². The van der Waals surface area contributed by atoms with Gasteiger partial charge in [-0.1, -0.05) is 0 Å². The number of hydrogen-bond acceptors (Lipinski definition) is 7. The van der Waals surface area contributed by atoms with E-state index in [-0.39, 0.29) is 12.2 Å². The van der Waals surface area contributed by atoms with Crippen molar-refractivity contribution >= 4 is 17.5 Å². The summed E-state index contributed by atoms with van der Waals surface area (Å²) in [7, 11) is 0. The second-order valence-corrected chi connectivity index (χ2v) is 6.42. The van der Waals surface area contributed by atoms with Gasteiger partial charge in [0.2, 0.25) is 11.6 Å². The van der Waals surface area contributed by atoms with Gasteiger partial charge in [-0.05, 0) is 48.9 Å². The second-order valence-electron chi connectivity index (χ2n) is 6.42. The molecule has 0 aliphatic carbocycles. The number of benzene rings is 1. The van der Waals surface area contributed by atoms with E-state index in [0.717, 1.165) is 17.0 Å². The number of amides is 1. The van der Waals surface area contributed by atoms with Gasteiger partial charge in [-0.15, -0.1) is 10.2 Å². The van der Waals surface area contributed by atoms with Crippen LogP contribution >= 0.6 is 0 Å². The minimum atomic E-state index is -0.547. The fraction of sp³-hybridized carbons (Fsp3) is 0.250. The lowest BCUT2D eigenvalue weighted by atomic mass is 10.2. The van der Waals surface area contributed by atoms with Gasteiger partial charge >= 0.3 is 0 Å². The van der Waals surface area contributed by atoms with E-state index < -0.39 is 11.5 Å². The molecule has 0 saturated carbocycles. The van der Waals surface area contributed by atoms with Gasteiger partial charge in [0.25, 0.3) is 11.5 Å². The number of rotatable bonds is 6. The van der Waals surface area contributed by atoms with Gasteiger partial charge < -0.3 is 15.0 Å². The number of pyridine rings is 1. The third-order valence-electron chi connectivity index (χ3n) is 4.59. The number of carbonyl (C=O) groups excluding carboxylic acids is 1. The van der Waals surface area contributed by atoms with Crippen molar-refractivity contribution in [3.05, 3.63) is 70.4 Å². The minimum absolute atomic E-state index is 0.212. The van der Waals surface area contributed by atoms with E-state index in [0.29, 0.717) is 25.6 Å². The number of aromatic nitrogens is 4. The van der Waals surface area contributed by atoms with Gasteiger partial charge in [0, 0.05) is 37.7 Å². The quantitative estimate of drug-likeness (QED) is 0.678. The first kappa shape index (κ1) is 18.6. The molecule has 1 aromatic carbocycles. The Morgan fingerprint density at radius 2 is 1.86 bits per heavy atom. The highest BCUT2D eigenvalue weighted by molar-refractivity contribution is 5.91. The number of hydrogen-bond donors (Lipinski definition) is 1. The average molecular weight is 392 g/mol. The van der Waals surface area contributed by atoms with E-state index in [9.17, 15) is 9.59 Å². The fourth-order valence-electron chi connectivity index (χ4n) is 3.15. The van der Waals surface area contributed by atoms with Crippen LogP contribution in [0.15, 0.2) is 53.6 Å². The topological polar surface area (TPSA) is 102 Å². The molecule has 9 heteroatoms. The summed E-state index contributed by atoms with van der Waals surface area (Å²) in [4.78, 5) is 31.0. The molecule has 0 atom stereocenters. The van der Waals surface area contributed by atoms with Crippen molar-refractivity contribution in [3.8, 4) is 5.75 Å². The van der Waals surface area contributed by atoms with Crippen molar-refractivity contribution in [2.75, 3.05) is 18.1 Å². The standard InChI is InChI=1S/C20H20N6O3/c1-2-29-16-5-3-15(4-6-16)25-11-12-26-19(28)17(23-24-20(25)26)18(27)22-13-14-7-9-21-10-8-14/h3-10H,2,11-13H2,1H3,(H,22,27). The van der Waals surface area contributed by atoms with Crippen molar-refractivity contribution in [3.63, 3.8) is 0 Å². The zero-order valence-corrected chi connectivity index (χ0v) is 15.9. The van der Waals surface area contributed by atoms with Crippen LogP contribution in [0.2, 0.25) is 0 Å². The van der Waals surface area contributed by atoms with Crippen LogP contribution in [0.5, 0.6) is 5.75 Å². The van der Waals surface area contributed by atoms with Gasteiger partial charge in [0.05, 0.1) is 6.61 Å². The molecule has 3 aromatic rings. The van der Waals surface area contributed by atoms with Crippen LogP contribution in [0, 0.1) is 0 Å². The van der Waals surface area contributed by atoms with Crippen molar-refractivity contribution < 1.29 is 9.53 Å². The van der Waals surface area contributed by atoms with E-state index in [1.54, 1.807) is 24.5 Å². The maximum atomic E-state index is 12.8. The summed E-state index contributed by atoms with van der Waals surface area (Å²) in [6.07, 6.45) is 3.28. The largest absolute Gasteiger partial charge is 0.494 e. The van der Waals surface area contributed by atoms with Crippen molar-refractivity contribution in [2.24, 2.45) is 0 Å². The zero-order valence-electron chi connectivity index (χ0n) is 15.9. The van der Waals surface area contributed by atoms with Crippen LogP contribution in [0.3, 0.4) is 0 Å². The smallest absolute Gasteiger partial charge is 0.286 e. The summed E-state index contributed by atoms with van der Waals surface area (Å²) in [5, 5.41) is 10.8. The Bertz CT molecular complexity index is 1070. The van der Waals surface area contributed by atoms with Gasteiger partial charge in [0.15, 0.2) is 0 Å². The molecule has 2 aromatic heterocycles. The summed E-state index contributed by atoms with van der Waals surface area (Å²) < 4.78 is 6.94. The number of carbonyl (C=O) groups is 1. The van der Waals surface area contributed by atoms with Crippen LogP contribution in [-0.2, 0) is 13.1 Å². The lowest BCUT2D eigenvalue weighted by Crippen LogP contribution is -2.34. The first-order chi connectivity index (χ1) is 14.2. The number of anilines is 2. The average Bonchev–Trinajstić information content (AvgIpc) is 3.19. The molecule has 0 bridgehead atoms. The van der Waals surface area contributed by atoms with Crippen molar-refractivity contribution in [1.82, 2.24) is 25.1 Å². The summed E-state index contributed by atoms with van der Waals surface area (Å²) in [5.74, 6) is 0.652. The normalized spacial score (nSPS) is 12.5. The Kier molecular flexibility index (Phi) is 5.19. The second kappa shape index (κ2) is 8.09. The van der Waals surface area contributed by atoms with Gasteiger partial charge in [-0.2, -0.15) is 0 Å². The molecule has 1 aliphatic rings. The van der Waals surface area contributed by atoms with Gasteiger partial charge in [-0.25, -0.2) is 0 Å². The van der Waals surface area contributed by atoms with E-state index in [4.69, 9.17) is 4.74 Å². The Hall–Kier alpha value is -3.75. The van der Waals surface area contributed by atoms with Gasteiger partial charge in [0.1, 0.15) is 5.75 Å². The molecule has 0 spiro atoms. The third kappa shape index (κ3) is 3.79. The lowest BCUT2D eigenvalue weighted by molar-refractivity contribution is 0.0942. The number of nitrogens with one attached hydrogen (secondary N) is 1. The zero-order chi connectivity index (χ0) is 20.2. The molecule has 1 N–H and O–H groups in total. The predicted molar refractivity (Wildman–Crippen MR) is 106 cm³/mol. The predicted octanol–water partition coefficient (Wildman–Crippen LogP) is 1.51. The number of nitrogens with zero attached hydrogens (tertiary/aromatic N) is 5. The van der Waals surface area contributed by atoms with Crippen LogP contribution < -0.4 is 20.5 Å². The van der Waals surface area contributed by atoms with Crippen LogP contribution in [0.4, 0.5) is 11.6 Å². The molecule has 0 unspecified atom stereocenters. The maximum Gasteiger partial charge on any atom is 0.286 e. The molecule has 4 rings (SSSR count). The summed E-state index contributed by atoms with van der Waals surface area (Å²) in [6.45, 7) is 3.81. The third-order valence-corrected chi connectivity index (χ3v) is 4.59. The molecule has 29 heavy (non-hydrogen) atoms. The van der Waals surface area contributed by atoms with Crippen LogP contribution in [0.1, 0.15) is 23.0 Å². The van der Waals surface area contributed by atoms with Crippen LogP contribution in [0.25, 0.3) is 0 Å². The monoisotopic (exact) mass is 392 g/mol. The molecule has 1 amide bonds. The van der Waals surface area contributed by atoms with Crippen molar-refractivity contribution in [2.45, 2.75) is 20.0 Å². The molecule has 0 saturated heterocycles. The molecule has 3 heterocycles. The van der Waals surface area contributed by atoms with E-state index in [2.05, 4.69) is 20.5 Å². The van der Waals surface area contributed by atoms with Gasteiger partial charge in [-0.3, -0.25) is 19.1 Å². The summed E-state index contributed by atoms with van der Waals surface area (Å²) in [6, 6.07) is 11.1. The summed E-state index contributed by atoms with van der Waals surface area (Å²) >= 11 is 0. The Morgan fingerprint density at radius 1 is 1.10 bits per heavy atom. The number of ether oxygens (including phenoxy) is 1. The highest BCUT2D eigenvalue weighted by atomic mass is 16.5. The highest BCUT2D eigenvalue weighted by Crippen LogP contribution is 2.28. The molecule has 0 radical (unpaired) electrons. The summed E-state index contributed by atoms with van der Waals surface area (Å²) in [5.41, 5.74) is 1.10. The van der Waals surface area contributed by atoms with Crippen molar-refractivity contribution in [1.29, 1.82) is 0 Å². The molecule has 1 aliphatic heterocycles. The molecule has 148 valence electrons. The maximum absolute atomic E-state index is 12.8. The van der Waals surface area contributed by atoms with Crippen LogP contribution in [-0.4, -0.2) is 38.8 Å². The minimum Gasteiger partial charge on any atom is -0.494 e.